The molecule has 0 spiro atoms. The van der Waals surface area contributed by atoms with Gasteiger partial charge in [-0.15, -0.1) is 0 Å². The van der Waals surface area contributed by atoms with Crippen LogP contribution in [0, 0.1) is 12.8 Å². The number of piperidine rings is 1. The second kappa shape index (κ2) is 6.50. The fourth-order valence-corrected chi connectivity index (χ4v) is 4.43. The highest BCUT2D eigenvalue weighted by atomic mass is 15.2. The predicted octanol–water partition coefficient (Wildman–Crippen LogP) is 3.39. The molecule has 2 heteroatoms. The van der Waals surface area contributed by atoms with Gasteiger partial charge in [0, 0.05) is 18.1 Å². The zero-order valence-corrected chi connectivity index (χ0v) is 13.8. The first-order chi connectivity index (χ1) is 10.2. The lowest BCUT2D eigenvalue weighted by molar-refractivity contribution is 0.112. The van der Waals surface area contributed by atoms with Crippen molar-refractivity contribution in [3.05, 3.63) is 35.4 Å². The number of benzene rings is 1. The van der Waals surface area contributed by atoms with Gasteiger partial charge >= 0.3 is 0 Å². The van der Waals surface area contributed by atoms with Crippen molar-refractivity contribution >= 4 is 0 Å². The number of likely N-dealkylation sites (N-methyl/N-ethyl adjacent to an activating group) is 1. The highest BCUT2D eigenvalue weighted by molar-refractivity contribution is 5.22. The molecule has 116 valence electrons. The van der Waals surface area contributed by atoms with Gasteiger partial charge in [-0.2, -0.15) is 0 Å². The molecule has 2 fully saturated rings. The Kier molecular flexibility index (Phi) is 4.66. The maximum atomic E-state index is 3.78. The van der Waals surface area contributed by atoms with Crippen LogP contribution in [-0.2, 0) is 6.42 Å². The van der Waals surface area contributed by atoms with E-state index in [2.05, 4.69) is 55.4 Å². The molecule has 3 unspecified atom stereocenters. The van der Waals surface area contributed by atoms with E-state index in [0.717, 1.165) is 24.5 Å². The molecule has 0 aromatic heterocycles. The van der Waals surface area contributed by atoms with Crippen molar-refractivity contribution in [1.29, 1.82) is 0 Å². The minimum Gasteiger partial charge on any atom is -0.314 e. The van der Waals surface area contributed by atoms with Crippen molar-refractivity contribution in [2.75, 3.05) is 13.6 Å². The first-order valence-electron chi connectivity index (χ1n) is 8.68. The molecule has 2 bridgehead atoms. The topological polar surface area (TPSA) is 15.3 Å². The van der Waals surface area contributed by atoms with Crippen molar-refractivity contribution in [2.45, 2.75) is 64.1 Å². The molecule has 1 aromatic rings. The van der Waals surface area contributed by atoms with Crippen molar-refractivity contribution in [3.8, 4) is 0 Å². The van der Waals surface area contributed by atoms with E-state index < -0.39 is 0 Å². The number of fused-ring (bicyclic) bond motifs is 2. The summed E-state index contributed by atoms with van der Waals surface area (Å²) in [6.07, 6.45) is 6.79. The largest absolute Gasteiger partial charge is 0.314 e. The predicted molar refractivity (Wildman–Crippen MR) is 89.6 cm³/mol. The van der Waals surface area contributed by atoms with Gasteiger partial charge in [-0.1, -0.05) is 36.8 Å². The third-order valence-electron chi connectivity index (χ3n) is 5.75. The quantitative estimate of drug-likeness (QED) is 0.892. The molecule has 1 aromatic carbocycles. The number of nitrogens with one attached hydrogen (secondary N) is 1. The average molecular weight is 286 g/mol. The Morgan fingerprint density at radius 1 is 1.14 bits per heavy atom. The molecule has 2 saturated heterocycles. The lowest BCUT2D eigenvalue weighted by atomic mass is 9.82. The van der Waals surface area contributed by atoms with Crippen LogP contribution in [0.25, 0.3) is 0 Å². The Balaban J connectivity index is 1.68. The molecule has 1 N–H and O–H groups in total. The van der Waals surface area contributed by atoms with Gasteiger partial charge in [-0.3, -0.25) is 0 Å². The smallest absolute Gasteiger partial charge is 0.0137 e. The molecule has 3 rings (SSSR count). The van der Waals surface area contributed by atoms with E-state index >= 15 is 0 Å². The Labute approximate surface area is 129 Å². The molecule has 2 aliphatic heterocycles. The molecule has 2 nitrogen and oxygen atoms in total. The first kappa shape index (κ1) is 15.1. The Morgan fingerprint density at radius 2 is 1.76 bits per heavy atom. The van der Waals surface area contributed by atoms with E-state index in [9.17, 15) is 0 Å². The van der Waals surface area contributed by atoms with Gasteiger partial charge in [0.1, 0.15) is 0 Å². The van der Waals surface area contributed by atoms with Crippen LogP contribution in [0.2, 0.25) is 0 Å². The molecule has 0 amide bonds. The molecule has 0 radical (unpaired) electrons. The maximum Gasteiger partial charge on any atom is 0.0137 e. The van der Waals surface area contributed by atoms with Crippen LogP contribution in [-0.4, -0.2) is 36.6 Å². The van der Waals surface area contributed by atoms with Gasteiger partial charge in [-0.25, -0.2) is 0 Å². The van der Waals surface area contributed by atoms with E-state index in [1.54, 1.807) is 0 Å². The molecule has 3 atom stereocenters. The molecule has 2 aliphatic rings. The van der Waals surface area contributed by atoms with E-state index in [1.807, 2.05) is 0 Å². The van der Waals surface area contributed by atoms with Gasteiger partial charge in [0.2, 0.25) is 0 Å². The van der Waals surface area contributed by atoms with E-state index in [4.69, 9.17) is 0 Å². The van der Waals surface area contributed by atoms with Crippen LogP contribution in [0.5, 0.6) is 0 Å². The molecule has 21 heavy (non-hydrogen) atoms. The minimum absolute atomic E-state index is 0.648. The van der Waals surface area contributed by atoms with Gasteiger partial charge in [0.15, 0.2) is 0 Å². The third-order valence-corrected chi connectivity index (χ3v) is 5.75. The summed E-state index contributed by atoms with van der Waals surface area (Å²) in [6.45, 7) is 5.49. The second-order valence-corrected chi connectivity index (χ2v) is 7.14. The van der Waals surface area contributed by atoms with E-state index in [1.165, 1.54) is 43.2 Å². The minimum atomic E-state index is 0.648. The standard InChI is InChI=1S/C19H30N2/c1-4-20-19(11-15-7-5-14(2)6-8-15)16-12-17-9-10-18(13-16)21(17)3/h5-8,16-20H,4,9-13H2,1-3H3. The Morgan fingerprint density at radius 3 is 2.33 bits per heavy atom. The SMILES string of the molecule is CCNC(Cc1ccc(C)cc1)C1CC2CCC(C1)N2C. The molecule has 2 heterocycles. The number of aryl methyl sites for hydroxylation is 1. The average Bonchev–Trinajstić information content (AvgIpc) is 2.71. The third kappa shape index (κ3) is 3.32. The zero-order valence-electron chi connectivity index (χ0n) is 13.8. The summed E-state index contributed by atoms with van der Waals surface area (Å²) >= 11 is 0. The van der Waals surface area contributed by atoms with Crippen molar-refractivity contribution in [1.82, 2.24) is 10.2 Å². The summed E-state index contributed by atoms with van der Waals surface area (Å²) in [5.74, 6) is 0.847. The summed E-state index contributed by atoms with van der Waals surface area (Å²) in [5.41, 5.74) is 2.84. The number of hydrogen-bond donors (Lipinski definition) is 1. The summed E-state index contributed by atoms with van der Waals surface area (Å²) < 4.78 is 0. The first-order valence-corrected chi connectivity index (χ1v) is 8.68. The number of hydrogen-bond acceptors (Lipinski definition) is 2. The fraction of sp³-hybridized carbons (Fsp3) is 0.684. The monoisotopic (exact) mass is 286 g/mol. The Bertz CT molecular complexity index is 439. The zero-order chi connectivity index (χ0) is 14.8. The van der Waals surface area contributed by atoms with Gasteiger partial charge < -0.3 is 10.2 Å². The van der Waals surface area contributed by atoms with E-state index in [-0.39, 0.29) is 0 Å². The van der Waals surface area contributed by atoms with Crippen molar-refractivity contribution in [2.24, 2.45) is 5.92 Å². The number of nitrogens with zero attached hydrogens (tertiary/aromatic N) is 1. The maximum absolute atomic E-state index is 3.78. The normalized spacial score (nSPS) is 30.5. The van der Waals surface area contributed by atoms with Crippen LogP contribution in [0.4, 0.5) is 0 Å². The highest BCUT2D eigenvalue weighted by Crippen LogP contribution is 2.39. The molecule has 0 aliphatic carbocycles. The summed E-state index contributed by atoms with van der Waals surface area (Å²) in [7, 11) is 2.33. The molecular weight excluding hydrogens is 256 g/mol. The lowest BCUT2D eigenvalue weighted by Gasteiger charge is -2.40. The van der Waals surface area contributed by atoms with Crippen LogP contribution in [0.3, 0.4) is 0 Å². The van der Waals surface area contributed by atoms with Gasteiger partial charge in [0.25, 0.3) is 0 Å². The summed E-state index contributed by atoms with van der Waals surface area (Å²) in [6, 6.07) is 11.4. The molecule has 0 saturated carbocycles. The Hall–Kier alpha value is -0.860. The number of rotatable bonds is 5. The van der Waals surface area contributed by atoms with Crippen molar-refractivity contribution in [3.63, 3.8) is 0 Å². The van der Waals surface area contributed by atoms with Gasteiger partial charge in [-0.05, 0) is 64.1 Å². The van der Waals surface area contributed by atoms with E-state index in [0.29, 0.717) is 6.04 Å². The summed E-state index contributed by atoms with van der Waals surface area (Å²) in [5, 5.41) is 3.78. The van der Waals surface area contributed by atoms with Crippen molar-refractivity contribution < 1.29 is 0 Å². The van der Waals surface area contributed by atoms with Crippen LogP contribution < -0.4 is 5.32 Å². The molecular formula is C19H30N2. The van der Waals surface area contributed by atoms with Crippen LogP contribution in [0.15, 0.2) is 24.3 Å². The second-order valence-electron chi connectivity index (χ2n) is 7.14. The highest BCUT2D eigenvalue weighted by Gasteiger charge is 2.40. The van der Waals surface area contributed by atoms with Gasteiger partial charge in [0.05, 0.1) is 0 Å². The van der Waals surface area contributed by atoms with Crippen LogP contribution in [0.1, 0.15) is 43.7 Å². The van der Waals surface area contributed by atoms with Crippen LogP contribution >= 0.6 is 0 Å². The summed E-state index contributed by atoms with van der Waals surface area (Å²) in [4.78, 5) is 2.64. The fourth-order valence-electron chi connectivity index (χ4n) is 4.43. The lowest BCUT2D eigenvalue weighted by Crippen LogP contribution is -2.47.